The molecular weight excluding hydrogens is 456 g/mol. The number of carbonyl (C=O) groups excluding carboxylic acids is 1. The molecule has 0 aliphatic rings. The fraction of sp³-hybridized carbons (Fsp3) is 0.118. The number of hydrogen-bond donors (Lipinski definition) is 2. The van der Waals surface area contributed by atoms with E-state index in [0.29, 0.717) is 10.2 Å². The molecule has 7 nitrogen and oxygen atoms in total. The van der Waals surface area contributed by atoms with Gasteiger partial charge in [0.05, 0.1) is 15.1 Å². The summed E-state index contributed by atoms with van der Waals surface area (Å²) in [5, 5.41) is 9.38. The van der Waals surface area contributed by atoms with E-state index >= 15 is 0 Å². The highest BCUT2D eigenvalue weighted by Crippen LogP contribution is 2.35. The van der Waals surface area contributed by atoms with Crippen LogP contribution in [0, 0.1) is 0 Å². The molecule has 0 bridgehead atoms. The van der Waals surface area contributed by atoms with Gasteiger partial charge in [-0.25, -0.2) is 13.4 Å². The topological polar surface area (TPSA) is 113 Å². The lowest BCUT2D eigenvalue weighted by Gasteiger charge is -2.15. The molecule has 2 N–H and O–H groups in total. The quantitative estimate of drug-likeness (QED) is 0.574. The predicted molar refractivity (Wildman–Crippen MR) is 104 cm³/mol. The second-order valence-corrected chi connectivity index (χ2v) is 9.52. The van der Waals surface area contributed by atoms with Crippen LogP contribution >= 0.6 is 27.3 Å². The number of rotatable bonds is 6. The van der Waals surface area contributed by atoms with Crippen LogP contribution in [0.5, 0.6) is 0 Å². The second-order valence-electron chi connectivity index (χ2n) is 5.51. The Kier molecular flexibility index (Phi) is 5.59. The Morgan fingerprint density at radius 2 is 1.89 bits per heavy atom. The molecule has 0 aliphatic carbocycles. The lowest BCUT2D eigenvalue weighted by molar-refractivity contribution is -0.137. The number of nitrogens with zero attached hydrogens (tertiary/aromatic N) is 1. The number of fused-ring (bicyclic) bond motifs is 1. The Bertz CT molecular complexity index is 1110. The third kappa shape index (κ3) is 4.18. The Balaban J connectivity index is 2.11. The number of nitrogens with one attached hydrogen (secondary N) is 1. The average molecular weight is 469 g/mol. The largest absolute Gasteiger partial charge is 0.480 e. The van der Waals surface area contributed by atoms with E-state index in [1.165, 1.54) is 12.1 Å². The van der Waals surface area contributed by atoms with Crippen molar-refractivity contribution < 1.29 is 23.1 Å². The van der Waals surface area contributed by atoms with Crippen LogP contribution in [-0.2, 0) is 19.4 Å². The van der Waals surface area contributed by atoms with Gasteiger partial charge in [-0.2, -0.15) is 0 Å². The van der Waals surface area contributed by atoms with Crippen molar-refractivity contribution in [2.45, 2.75) is 10.1 Å². The second kappa shape index (κ2) is 7.75. The first kappa shape index (κ1) is 19.5. The summed E-state index contributed by atoms with van der Waals surface area (Å²) in [4.78, 5) is 27.7. The molecule has 1 heterocycles. The van der Waals surface area contributed by atoms with Crippen LogP contribution in [-0.4, -0.2) is 36.9 Å². The van der Waals surface area contributed by atoms with E-state index < -0.39 is 33.5 Å². The van der Waals surface area contributed by atoms with Gasteiger partial charge in [-0.3, -0.25) is 9.59 Å². The summed E-state index contributed by atoms with van der Waals surface area (Å²) in [6.07, 6.45) is 0. The van der Waals surface area contributed by atoms with Gasteiger partial charge in [0.1, 0.15) is 11.6 Å². The summed E-state index contributed by atoms with van der Waals surface area (Å²) in [6, 6.07) is 12.8. The molecule has 140 valence electrons. The number of carboxylic acids is 1. The maximum Gasteiger partial charge on any atom is 0.322 e. The number of hydrogen-bond acceptors (Lipinski definition) is 6. The smallest absolute Gasteiger partial charge is 0.322 e. The number of sulfone groups is 1. The normalized spacial score (nSPS) is 12.6. The highest BCUT2D eigenvalue weighted by molar-refractivity contribution is 9.10. The molecular formula is C17H13BrN2O5S2. The zero-order valence-corrected chi connectivity index (χ0v) is 16.8. The van der Waals surface area contributed by atoms with Crippen LogP contribution in [0.1, 0.15) is 10.3 Å². The van der Waals surface area contributed by atoms with Crippen molar-refractivity contribution in [3.63, 3.8) is 0 Å². The Labute approximate surface area is 167 Å². The number of carbonyl (C=O) groups is 2. The minimum absolute atomic E-state index is 0.0408. The molecule has 0 aliphatic heterocycles. The van der Waals surface area contributed by atoms with E-state index in [9.17, 15) is 18.0 Å². The van der Waals surface area contributed by atoms with Crippen LogP contribution in [0.25, 0.3) is 10.2 Å². The van der Waals surface area contributed by atoms with E-state index in [0.717, 1.165) is 15.8 Å². The minimum atomic E-state index is -4.13. The fourth-order valence-corrected chi connectivity index (χ4v) is 5.93. The molecule has 1 atom stereocenters. The van der Waals surface area contributed by atoms with Gasteiger partial charge < -0.3 is 10.4 Å². The van der Waals surface area contributed by atoms with E-state index in [4.69, 9.17) is 5.11 Å². The molecule has 1 aromatic heterocycles. The van der Waals surface area contributed by atoms with Crippen LogP contribution in [0.4, 0.5) is 0 Å². The molecule has 0 radical (unpaired) electrons. The van der Waals surface area contributed by atoms with Crippen molar-refractivity contribution in [2.24, 2.45) is 0 Å². The number of amides is 1. The SMILES string of the molecule is O=C(O)CNC(=O)C(c1nc2ccc(Br)cc2s1)S(=O)(=O)c1ccccc1. The van der Waals surface area contributed by atoms with E-state index in [2.05, 4.69) is 26.2 Å². The highest BCUT2D eigenvalue weighted by atomic mass is 79.9. The standard InChI is InChI=1S/C17H13BrN2O5S2/c18-10-6-7-12-13(8-10)26-17(20-12)15(16(23)19-9-14(21)22)27(24,25)11-4-2-1-3-5-11/h1-8,15H,9H2,(H,19,23)(H,21,22). The van der Waals surface area contributed by atoms with Crippen molar-refractivity contribution in [3.05, 3.63) is 58.0 Å². The van der Waals surface area contributed by atoms with Crippen LogP contribution < -0.4 is 5.32 Å². The predicted octanol–water partition coefficient (Wildman–Crippen LogP) is 2.77. The van der Waals surface area contributed by atoms with Gasteiger partial charge in [0.25, 0.3) is 0 Å². The first-order chi connectivity index (χ1) is 12.8. The van der Waals surface area contributed by atoms with Crippen molar-refractivity contribution in [1.29, 1.82) is 0 Å². The van der Waals surface area contributed by atoms with Gasteiger partial charge in [-0.15, -0.1) is 11.3 Å². The van der Waals surface area contributed by atoms with Gasteiger partial charge in [0.2, 0.25) is 5.91 Å². The van der Waals surface area contributed by atoms with Crippen molar-refractivity contribution in [1.82, 2.24) is 10.3 Å². The Hall–Kier alpha value is -2.30. The highest BCUT2D eigenvalue weighted by Gasteiger charge is 2.38. The minimum Gasteiger partial charge on any atom is -0.480 e. The van der Waals surface area contributed by atoms with Crippen molar-refractivity contribution in [2.75, 3.05) is 6.54 Å². The molecule has 3 rings (SSSR count). The number of carboxylic acid groups (broad SMARTS) is 1. The van der Waals surface area contributed by atoms with Gasteiger partial charge in [0.15, 0.2) is 15.1 Å². The van der Waals surface area contributed by atoms with Gasteiger partial charge >= 0.3 is 5.97 Å². The number of benzene rings is 2. The molecule has 1 amide bonds. The average Bonchev–Trinajstić information content (AvgIpc) is 3.02. The van der Waals surface area contributed by atoms with E-state index in [1.54, 1.807) is 36.4 Å². The monoisotopic (exact) mass is 468 g/mol. The summed E-state index contributed by atoms with van der Waals surface area (Å²) in [6.45, 7) is -0.684. The third-order valence-electron chi connectivity index (χ3n) is 3.63. The molecule has 1 unspecified atom stereocenters. The zero-order valence-electron chi connectivity index (χ0n) is 13.6. The molecule has 3 aromatic rings. The zero-order chi connectivity index (χ0) is 19.6. The molecule has 0 fully saturated rings. The molecule has 0 saturated heterocycles. The Morgan fingerprint density at radius 3 is 2.56 bits per heavy atom. The summed E-state index contributed by atoms with van der Waals surface area (Å²) in [7, 11) is -4.13. The number of halogens is 1. The lowest BCUT2D eigenvalue weighted by atomic mass is 10.3. The van der Waals surface area contributed by atoms with Crippen LogP contribution in [0.2, 0.25) is 0 Å². The number of thiazole rings is 1. The van der Waals surface area contributed by atoms with Gasteiger partial charge in [-0.1, -0.05) is 34.1 Å². The van der Waals surface area contributed by atoms with E-state index in [1.807, 2.05) is 0 Å². The molecule has 0 saturated carbocycles. The molecule has 10 heteroatoms. The summed E-state index contributed by atoms with van der Waals surface area (Å²) < 4.78 is 27.7. The number of aliphatic carboxylic acids is 1. The van der Waals surface area contributed by atoms with Crippen molar-refractivity contribution >= 4 is 59.2 Å². The van der Waals surface area contributed by atoms with E-state index in [-0.39, 0.29) is 9.90 Å². The third-order valence-corrected chi connectivity index (χ3v) is 7.34. The van der Waals surface area contributed by atoms with Crippen LogP contribution in [0.15, 0.2) is 57.9 Å². The first-order valence-electron chi connectivity index (χ1n) is 7.63. The first-order valence-corrected chi connectivity index (χ1v) is 10.8. The lowest BCUT2D eigenvalue weighted by Crippen LogP contribution is -2.36. The summed E-state index contributed by atoms with van der Waals surface area (Å²) >= 11 is 4.42. The Morgan fingerprint density at radius 1 is 1.19 bits per heavy atom. The van der Waals surface area contributed by atoms with Crippen molar-refractivity contribution in [3.8, 4) is 0 Å². The molecule has 27 heavy (non-hydrogen) atoms. The molecule has 2 aromatic carbocycles. The molecule has 0 spiro atoms. The van der Waals surface area contributed by atoms with Gasteiger partial charge in [-0.05, 0) is 30.3 Å². The maximum atomic E-state index is 13.1. The maximum absolute atomic E-state index is 13.1. The summed E-state index contributed by atoms with van der Waals surface area (Å²) in [5.74, 6) is -2.20. The van der Waals surface area contributed by atoms with Gasteiger partial charge in [0, 0.05) is 4.47 Å². The number of aromatic nitrogens is 1. The fourth-order valence-electron chi connectivity index (χ4n) is 2.42. The van der Waals surface area contributed by atoms with Crippen LogP contribution in [0.3, 0.4) is 0 Å². The summed E-state index contributed by atoms with van der Waals surface area (Å²) in [5.41, 5.74) is 0.553.